The highest BCUT2D eigenvalue weighted by Crippen LogP contribution is 2.44. The van der Waals surface area contributed by atoms with Crippen LogP contribution < -0.4 is 0 Å². The maximum atomic E-state index is 13.4. The van der Waals surface area contributed by atoms with Gasteiger partial charge in [-0.05, 0) is 86.1 Å². The van der Waals surface area contributed by atoms with Crippen LogP contribution in [0.25, 0.3) is 33.2 Å². The number of carbonyl (C=O) groups is 3. The molecule has 2 unspecified atom stereocenters. The highest BCUT2D eigenvalue weighted by Gasteiger charge is 2.36. The molecule has 0 saturated heterocycles. The van der Waals surface area contributed by atoms with Crippen molar-refractivity contribution in [3.05, 3.63) is 68.8 Å². The molecule has 0 fully saturated rings. The van der Waals surface area contributed by atoms with Gasteiger partial charge < -0.3 is 24.2 Å². The van der Waals surface area contributed by atoms with Crippen LogP contribution in [0.1, 0.15) is 103 Å². The molecular formula is C37H44N4O6. The van der Waals surface area contributed by atoms with Crippen molar-refractivity contribution < 1.29 is 28.6 Å². The lowest BCUT2D eigenvalue weighted by Crippen LogP contribution is -2.15. The number of ether oxygens (including phenoxy) is 3. The number of rotatable bonds is 8. The number of nitrogens with one attached hydrogen (secondary N) is 2. The number of hydrogen-bond donors (Lipinski definition) is 2. The number of nitrogens with zero attached hydrogens (tertiary/aromatic N) is 2. The van der Waals surface area contributed by atoms with Gasteiger partial charge in [0.1, 0.15) is 0 Å². The van der Waals surface area contributed by atoms with Gasteiger partial charge in [-0.3, -0.25) is 14.6 Å². The first-order valence-corrected chi connectivity index (χ1v) is 16.2. The Labute approximate surface area is 275 Å². The van der Waals surface area contributed by atoms with Crippen LogP contribution in [0.2, 0.25) is 0 Å². The molecule has 5 heterocycles. The molecular weight excluding hydrogens is 596 g/mol. The Morgan fingerprint density at radius 2 is 1.36 bits per heavy atom. The summed E-state index contributed by atoms with van der Waals surface area (Å²) in [5.41, 5.74) is 12.2. The molecule has 0 aliphatic carbocycles. The summed E-state index contributed by atoms with van der Waals surface area (Å²) in [6, 6.07) is 6.18. The van der Waals surface area contributed by atoms with Crippen molar-refractivity contribution >= 4 is 51.1 Å². The molecule has 47 heavy (non-hydrogen) atoms. The van der Waals surface area contributed by atoms with Crippen LogP contribution in [0.4, 0.5) is 0 Å². The molecule has 0 radical (unpaired) electrons. The molecule has 0 amide bonds. The van der Waals surface area contributed by atoms with Gasteiger partial charge in [0.15, 0.2) is 0 Å². The van der Waals surface area contributed by atoms with Gasteiger partial charge in [0, 0.05) is 51.6 Å². The molecule has 3 aromatic rings. The number of fused-ring (bicyclic) bond motifs is 8. The van der Waals surface area contributed by atoms with Crippen molar-refractivity contribution in [2.75, 3.05) is 21.3 Å². The van der Waals surface area contributed by atoms with Crippen molar-refractivity contribution in [2.45, 2.75) is 85.5 Å². The summed E-state index contributed by atoms with van der Waals surface area (Å²) in [7, 11) is 4.02. The van der Waals surface area contributed by atoms with Crippen molar-refractivity contribution in [1.29, 1.82) is 0 Å². The molecule has 0 spiro atoms. The Hall–Kier alpha value is -4.73. The van der Waals surface area contributed by atoms with Gasteiger partial charge in [-0.2, -0.15) is 0 Å². The van der Waals surface area contributed by atoms with Crippen LogP contribution in [0.15, 0.2) is 18.2 Å². The number of hydrogen-bond acceptors (Lipinski definition) is 8. The van der Waals surface area contributed by atoms with E-state index in [1.54, 1.807) is 0 Å². The maximum absolute atomic E-state index is 13.4. The highest BCUT2D eigenvalue weighted by molar-refractivity contribution is 6.25. The zero-order valence-corrected chi connectivity index (χ0v) is 28.8. The average molecular weight is 641 g/mol. The summed E-state index contributed by atoms with van der Waals surface area (Å²) in [4.78, 5) is 56.3. The smallest absolute Gasteiger partial charge is 0.340 e. The molecule has 5 rings (SSSR count). The second kappa shape index (κ2) is 13.6. The lowest BCUT2D eigenvalue weighted by molar-refractivity contribution is -0.141. The number of H-pyrrole nitrogens is 2. The molecule has 0 saturated carbocycles. The number of aryl methyl sites for hydroxylation is 4. The van der Waals surface area contributed by atoms with E-state index in [1.807, 2.05) is 13.0 Å². The molecule has 2 aliphatic heterocycles. The molecule has 0 aromatic carbocycles. The Morgan fingerprint density at radius 3 is 1.94 bits per heavy atom. The maximum Gasteiger partial charge on any atom is 0.340 e. The minimum absolute atomic E-state index is 0.123. The molecule has 8 bridgehead atoms. The topological polar surface area (TPSA) is 136 Å². The number of carbonyl (C=O) groups excluding carboxylic acids is 3. The Morgan fingerprint density at radius 1 is 0.766 bits per heavy atom. The van der Waals surface area contributed by atoms with Crippen LogP contribution in [-0.2, 0) is 47.9 Å². The van der Waals surface area contributed by atoms with Gasteiger partial charge >= 0.3 is 17.9 Å². The number of aromatic amines is 2. The van der Waals surface area contributed by atoms with Crippen LogP contribution >= 0.6 is 0 Å². The monoisotopic (exact) mass is 640 g/mol. The predicted octanol–water partition coefficient (Wildman–Crippen LogP) is 6.72. The van der Waals surface area contributed by atoms with Crippen molar-refractivity contribution in [2.24, 2.45) is 0 Å². The fraction of sp³-hybridized carbons (Fsp3) is 0.432. The Balaban J connectivity index is 2.02. The summed E-state index contributed by atoms with van der Waals surface area (Å²) < 4.78 is 15.4. The SMILES string of the molecule is CCc1c(C)c2cc3[nH]c(cc4nc(c(CC(=O)OC)c5nc(cc1[nH]2)C(C)=C5C(=O)OC)C(CCC(=O)OC)C4C)c(C)c3CC. The molecule has 10 heteroatoms. The molecule has 248 valence electrons. The van der Waals surface area contributed by atoms with Gasteiger partial charge in [-0.15, -0.1) is 0 Å². The normalized spacial score (nSPS) is 15.9. The third kappa shape index (κ3) is 6.08. The lowest BCUT2D eigenvalue weighted by atomic mass is 9.84. The van der Waals surface area contributed by atoms with Crippen molar-refractivity contribution in [1.82, 2.24) is 19.9 Å². The first-order chi connectivity index (χ1) is 22.5. The van der Waals surface area contributed by atoms with E-state index in [4.69, 9.17) is 24.2 Å². The van der Waals surface area contributed by atoms with E-state index in [2.05, 4.69) is 56.7 Å². The van der Waals surface area contributed by atoms with Crippen LogP contribution in [0.3, 0.4) is 0 Å². The third-order valence-electron chi connectivity index (χ3n) is 9.79. The van der Waals surface area contributed by atoms with Gasteiger partial charge in [0.25, 0.3) is 0 Å². The standard InChI is InChI=1S/C37H44N4O6/c1-10-22-18(3)26-15-28-20(5)24(12-13-32(42)45-7)35(40-28)25(14-33(43)46-8)36-34(37(44)47-9)21(6)29(41-36)17-31-23(11-2)19(4)27(39-31)16-30(22)38-26/h15-17,20,24,38-39H,10-14H2,1-9H3. The molecule has 3 aromatic heterocycles. The number of methoxy groups -OCH3 is 3. The van der Waals surface area contributed by atoms with Gasteiger partial charge in [-0.25, -0.2) is 9.78 Å². The summed E-state index contributed by atoms with van der Waals surface area (Å²) in [6.07, 6.45) is 2.05. The minimum Gasteiger partial charge on any atom is -0.469 e. The van der Waals surface area contributed by atoms with Crippen molar-refractivity contribution in [3.8, 4) is 0 Å². The molecule has 2 atom stereocenters. The number of esters is 3. The molecule has 10 nitrogen and oxygen atoms in total. The van der Waals surface area contributed by atoms with Crippen LogP contribution in [0, 0.1) is 13.8 Å². The van der Waals surface area contributed by atoms with Gasteiger partial charge in [0.05, 0.1) is 50.4 Å². The zero-order chi connectivity index (χ0) is 34.2. The number of aromatic nitrogens is 4. The average Bonchev–Trinajstić information content (AvgIpc) is 3.74. The summed E-state index contributed by atoms with van der Waals surface area (Å²) >= 11 is 0. The number of allylic oxidation sites excluding steroid dienone is 1. The van der Waals surface area contributed by atoms with Gasteiger partial charge in [-0.1, -0.05) is 20.8 Å². The second-order valence-corrected chi connectivity index (χ2v) is 12.3. The predicted molar refractivity (Wildman–Crippen MR) is 182 cm³/mol. The van der Waals surface area contributed by atoms with E-state index < -0.39 is 11.9 Å². The second-order valence-electron chi connectivity index (χ2n) is 12.3. The molecule has 2 N–H and O–H groups in total. The highest BCUT2D eigenvalue weighted by atomic mass is 16.5. The summed E-state index contributed by atoms with van der Waals surface area (Å²) in [6.45, 7) is 12.4. The van der Waals surface area contributed by atoms with Crippen LogP contribution in [-0.4, -0.2) is 59.2 Å². The van der Waals surface area contributed by atoms with Crippen molar-refractivity contribution in [3.63, 3.8) is 0 Å². The first-order valence-electron chi connectivity index (χ1n) is 16.2. The van der Waals surface area contributed by atoms with E-state index in [0.717, 1.165) is 57.3 Å². The van der Waals surface area contributed by atoms with Crippen LogP contribution in [0.5, 0.6) is 0 Å². The van der Waals surface area contributed by atoms with Gasteiger partial charge in [0.2, 0.25) is 0 Å². The lowest BCUT2D eigenvalue weighted by Gasteiger charge is -2.18. The zero-order valence-electron chi connectivity index (χ0n) is 28.8. The quantitative estimate of drug-likeness (QED) is 0.205. The largest absolute Gasteiger partial charge is 0.469 e. The molecule has 2 aliphatic rings. The van der Waals surface area contributed by atoms with E-state index in [1.165, 1.54) is 26.9 Å². The summed E-state index contributed by atoms with van der Waals surface area (Å²) in [5.74, 6) is -1.79. The van der Waals surface area contributed by atoms with E-state index in [0.29, 0.717) is 34.6 Å². The summed E-state index contributed by atoms with van der Waals surface area (Å²) in [5, 5.41) is 0. The fourth-order valence-electron chi connectivity index (χ4n) is 7.01. The van der Waals surface area contributed by atoms with E-state index in [-0.39, 0.29) is 36.2 Å². The fourth-order valence-corrected chi connectivity index (χ4v) is 7.01. The van der Waals surface area contributed by atoms with E-state index >= 15 is 0 Å². The minimum atomic E-state index is -0.563. The Kier molecular flexibility index (Phi) is 9.70. The third-order valence-corrected chi connectivity index (χ3v) is 9.79. The Bertz CT molecular complexity index is 1960. The van der Waals surface area contributed by atoms with E-state index in [9.17, 15) is 14.4 Å². The first kappa shape index (κ1) is 33.6.